The van der Waals surface area contributed by atoms with E-state index in [2.05, 4.69) is 22.2 Å². The molecule has 6 heteroatoms. The number of nitrogens with two attached hydrogens (primary N) is 1. The van der Waals surface area contributed by atoms with E-state index in [4.69, 9.17) is 5.73 Å². The summed E-state index contributed by atoms with van der Waals surface area (Å²) in [6.07, 6.45) is 6.63. The molecular weight excluding hydrogens is 320 g/mol. The highest BCUT2D eigenvalue weighted by Gasteiger charge is 2.17. The van der Waals surface area contributed by atoms with Crippen LogP contribution in [0.1, 0.15) is 40.7 Å². The van der Waals surface area contributed by atoms with Gasteiger partial charge in [0.1, 0.15) is 9.71 Å². The van der Waals surface area contributed by atoms with Crippen molar-refractivity contribution in [1.29, 1.82) is 0 Å². The Balaban J connectivity index is 1.78. The van der Waals surface area contributed by atoms with Gasteiger partial charge in [-0.2, -0.15) is 0 Å². The number of rotatable bonds is 6. The first-order valence-electron chi connectivity index (χ1n) is 8.04. The summed E-state index contributed by atoms with van der Waals surface area (Å²) in [6.45, 7) is 2.59. The Bertz CT molecular complexity index is 845. The van der Waals surface area contributed by atoms with E-state index >= 15 is 0 Å². The average molecular weight is 340 g/mol. The van der Waals surface area contributed by atoms with Gasteiger partial charge in [-0.3, -0.25) is 9.78 Å². The second kappa shape index (κ2) is 7.40. The number of nitrogen functional groups attached to an aromatic ring is 1. The lowest BCUT2D eigenvalue weighted by atomic mass is 10.1. The number of carbonyl (C=O) groups excluding carboxylic acids is 1. The van der Waals surface area contributed by atoms with Crippen LogP contribution in [0.25, 0.3) is 10.2 Å². The molecule has 0 radical (unpaired) electrons. The Labute approximate surface area is 144 Å². The zero-order valence-electron chi connectivity index (χ0n) is 13.6. The van der Waals surface area contributed by atoms with Crippen LogP contribution < -0.4 is 11.1 Å². The minimum atomic E-state index is -0.172. The molecule has 3 N–H and O–H groups in total. The number of fused-ring (bicyclic) bond motifs is 1. The van der Waals surface area contributed by atoms with Gasteiger partial charge in [-0.05, 0) is 36.6 Å². The van der Waals surface area contributed by atoms with Crippen molar-refractivity contribution in [2.75, 3.05) is 5.73 Å². The molecule has 0 aliphatic heterocycles. The Morgan fingerprint density at radius 1 is 1.33 bits per heavy atom. The molecule has 0 aliphatic carbocycles. The molecular formula is C18H20N4OS. The smallest absolute Gasteiger partial charge is 0.263 e. The molecule has 3 aromatic rings. The second-order valence-corrected chi connectivity index (χ2v) is 6.65. The third kappa shape index (κ3) is 3.54. The number of aryl methyl sites for hydroxylation is 1. The average Bonchev–Trinajstić information content (AvgIpc) is 2.95. The molecule has 0 saturated heterocycles. The predicted molar refractivity (Wildman–Crippen MR) is 98.1 cm³/mol. The van der Waals surface area contributed by atoms with Gasteiger partial charge in [-0.15, -0.1) is 11.3 Å². The first kappa shape index (κ1) is 16.4. The van der Waals surface area contributed by atoms with E-state index in [1.807, 2.05) is 24.3 Å². The van der Waals surface area contributed by atoms with E-state index in [9.17, 15) is 4.79 Å². The first-order chi connectivity index (χ1) is 11.7. The van der Waals surface area contributed by atoms with Crippen molar-refractivity contribution in [1.82, 2.24) is 15.3 Å². The van der Waals surface area contributed by atoms with Crippen molar-refractivity contribution in [2.24, 2.45) is 0 Å². The van der Waals surface area contributed by atoms with Crippen LogP contribution >= 0.6 is 11.3 Å². The van der Waals surface area contributed by atoms with E-state index in [-0.39, 0.29) is 5.91 Å². The molecule has 0 bridgehead atoms. The fraction of sp³-hybridized carbons (Fsp3) is 0.278. The SMILES string of the molecule is CCCCc1ccc2c(N)c(C(=O)NCc3cccnc3)sc2n1. The maximum Gasteiger partial charge on any atom is 0.263 e. The van der Waals surface area contributed by atoms with E-state index in [1.54, 1.807) is 12.4 Å². The van der Waals surface area contributed by atoms with E-state index in [1.165, 1.54) is 11.3 Å². The molecule has 0 unspecified atom stereocenters. The number of pyridine rings is 2. The van der Waals surface area contributed by atoms with Gasteiger partial charge < -0.3 is 11.1 Å². The largest absolute Gasteiger partial charge is 0.397 e. The number of aromatic nitrogens is 2. The van der Waals surface area contributed by atoms with Gasteiger partial charge in [-0.25, -0.2) is 4.98 Å². The Kier molecular flexibility index (Phi) is 5.05. The number of carbonyl (C=O) groups is 1. The molecule has 1 amide bonds. The van der Waals surface area contributed by atoms with Crippen LogP contribution in [0.2, 0.25) is 0 Å². The molecule has 0 saturated carbocycles. The first-order valence-corrected chi connectivity index (χ1v) is 8.85. The van der Waals surface area contributed by atoms with E-state index in [0.717, 1.165) is 40.7 Å². The summed E-state index contributed by atoms with van der Waals surface area (Å²) in [6, 6.07) is 7.73. The number of nitrogens with one attached hydrogen (secondary N) is 1. The van der Waals surface area contributed by atoms with Crippen LogP contribution in [0.4, 0.5) is 5.69 Å². The molecule has 0 aliphatic rings. The highest BCUT2D eigenvalue weighted by atomic mass is 32.1. The highest BCUT2D eigenvalue weighted by Crippen LogP contribution is 2.32. The second-order valence-electron chi connectivity index (χ2n) is 5.65. The minimum Gasteiger partial charge on any atom is -0.397 e. The Morgan fingerprint density at radius 3 is 2.96 bits per heavy atom. The number of nitrogens with zero attached hydrogens (tertiary/aromatic N) is 2. The lowest BCUT2D eigenvalue weighted by Gasteiger charge is -2.03. The third-order valence-corrected chi connectivity index (χ3v) is 4.93. The fourth-order valence-corrected chi connectivity index (χ4v) is 3.50. The fourth-order valence-electron chi connectivity index (χ4n) is 2.47. The normalized spacial score (nSPS) is 10.9. The van der Waals surface area contributed by atoms with Gasteiger partial charge in [0, 0.05) is 30.0 Å². The van der Waals surface area contributed by atoms with Crippen molar-refractivity contribution >= 4 is 33.1 Å². The van der Waals surface area contributed by atoms with Gasteiger partial charge in [-0.1, -0.05) is 19.4 Å². The minimum absolute atomic E-state index is 0.172. The predicted octanol–water partition coefficient (Wildman–Crippen LogP) is 3.55. The van der Waals surface area contributed by atoms with Crippen molar-refractivity contribution in [3.05, 3.63) is 52.8 Å². The van der Waals surface area contributed by atoms with Crippen LogP contribution in [0.5, 0.6) is 0 Å². The number of unbranched alkanes of at least 4 members (excludes halogenated alkanes) is 1. The zero-order valence-corrected chi connectivity index (χ0v) is 14.4. The Hall–Kier alpha value is -2.47. The van der Waals surface area contributed by atoms with Gasteiger partial charge in [0.25, 0.3) is 5.91 Å². The molecule has 0 spiro atoms. The maximum absolute atomic E-state index is 12.4. The van der Waals surface area contributed by atoms with Gasteiger partial charge >= 0.3 is 0 Å². The van der Waals surface area contributed by atoms with Crippen molar-refractivity contribution in [3.8, 4) is 0 Å². The van der Waals surface area contributed by atoms with Crippen molar-refractivity contribution in [2.45, 2.75) is 32.7 Å². The number of hydrogen-bond acceptors (Lipinski definition) is 5. The van der Waals surface area contributed by atoms with E-state index < -0.39 is 0 Å². The summed E-state index contributed by atoms with van der Waals surface area (Å²) >= 11 is 1.35. The topological polar surface area (TPSA) is 80.9 Å². The Morgan fingerprint density at radius 2 is 2.21 bits per heavy atom. The maximum atomic E-state index is 12.4. The van der Waals surface area contributed by atoms with Gasteiger partial charge in [0.15, 0.2) is 0 Å². The van der Waals surface area contributed by atoms with Crippen LogP contribution in [-0.2, 0) is 13.0 Å². The summed E-state index contributed by atoms with van der Waals surface area (Å²) < 4.78 is 0. The third-order valence-electron chi connectivity index (χ3n) is 3.82. The monoisotopic (exact) mass is 340 g/mol. The van der Waals surface area contributed by atoms with Crippen LogP contribution in [-0.4, -0.2) is 15.9 Å². The molecule has 3 aromatic heterocycles. The lowest BCUT2D eigenvalue weighted by Crippen LogP contribution is -2.22. The molecule has 24 heavy (non-hydrogen) atoms. The summed E-state index contributed by atoms with van der Waals surface area (Å²) in [4.78, 5) is 22.5. The van der Waals surface area contributed by atoms with E-state index in [0.29, 0.717) is 17.1 Å². The van der Waals surface area contributed by atoms with Crippen LogP contribution in [0.15, 0.2) is 36.7 Å². The summed E-state index contributed by atoms with van der Waals surface area (Å²) in [5.41, 5.74) is 8.66. The zero-order chi connectivity index (χ0) is 16.9. The summed E-state index contributed by atoms with van der Waals surface area (Å²) in [5, 5.41) is 3.74. The quantitative estimate of drug-likeness (QED) is 0.719. The molecule has 5 nitrogen and oxygen atoms in total. The number of anilines is 1. The van der Waals surface area contributed by atoms with Crippen molar-refractivity contribution < 1.29 is 4.79 Å². The summed E-state index contributed by atoms with van der Waals surface area (Å²) in [7, 11) is 0. The number of thiophene rings is 1. The molecule has 0 fully saturated rings. The van der Waals surface area contributed by atoms with Crippen LogP contribution in [0.3, 0.4) is 0 Å². The van der Waals surface area contributed by atoms with Gasteiger partial charge in [0.05, 0.1) is 5.69 Å². The van der Waals surface area contributed by atoms with Gasteiger partial charge in [0.2, 0.25) is 0 Å². The number of hydrogen-bond donors (Lipinski definition) is 2. The lowest BCUT2D eigenvalue weighted by molar-refractivity contribution is 0.0956. The number of amides is 1. The molecule has 124 valence electrons. The molecule has 3 heterocycles. The molecule has 0 atom stereocenters. The molecule has 3 rings (SSSR count). The van der Waals surface area contributed by atoms with Crippen LogP contribution in [0, 0.1) is 0 Å². The molecule has 0 aromatic carbocycles. The summed E-state index contributed by atoms with van der Waals surface area (Å²) in [5.74, 6) is -0.172. The van der Waals surface area contributed by atoms with Crippen molar-refractivity contribution in [3.63, 3.8) is 0 Å². The highest BCUT2D eigenvalue weighted by molar-refractivity contribution is 7.21. The standard InChI is InChI=1S/C18H20N4OS/c1-2-3-6-13-7-8-14-15(19)16(24-18(14)22-13)17(23)21-11-12-5-4-9-20-10-12/h4-5,7-10H,2-3,6,11,19H2,1H3,(H,21,23).